The van der Waals surface area contributed by atoms with Gasteiger partial charge in [0.2, 0.25) is 5.96 Å². The Morgan fingerprint density at radius 3 is 2.64 bits per heavy atom. The maximum Gasteiger partial charge on any atom is 0.224 e. The standard InChI is InChI=1S/C15H21BrN6/c1-11-13-10-12(16)4-5-14(13)18-15(22(11)19-17-2)21-8-6-20(3)7-9-21/h4-5,10-11H,6-9H2,1-3H3/b19-17-. The van der Waals surface area contributed by atoms with Gasteiger partial charge < -0.3 is 9.80 Å². The number of fused-ring (bicyclic) bond motifs is 1. The van der Waals surface area contributed by atoms with E-state index in [1.807, 2.05) is 11.1 Å². The number of halogens is 1. The minimum Gasteiger partial charge on any atom is -0.338 e. The van der Waals surface area contributed by atoms with Gasteiger partial charge in [0.15, 0.2) is 0 Å². The van der Waals surface area contributed by atoms with Gasteiger partial charge in [0, 0.05) is 36.2 Å². The van der Waals surface area contributed by atoms with Crippen LogP contribution in [0.25, 0.3) is 0 Å². The Labute approximate surface area is 139 Å². The molecular formula is C15H21BrN6. The van der Waals surface area contributed by atoms with Crippen LogP contribution < -0.4 is 0 Å². The monoisotopic (exact) mass is 364 g/mol. The maximum absolute atomic E-state index is 4.86. The predicted molar refractivity (Wildman–Crippen MR) is 91.3 cm³/mol. The molecule has 0 amide bonds. The molecule has 3 rings (SSSR count). The van der Waals surface area contributed by atoms with Gasteiger partial charge >= 0.3 is 0 Å². The van der Waals surface area contributed by atoms with Gasteiger partial charge in [-0.3, -0.25) is 0 Å². The largest absolute Gasteiger partial charge is 0.338 e. The zero-order chi connectivity index (χ0) is 15.7. The Balaban J connectivity index is 1.99. The highest BCUT2D eigenvalue weighted by Crippen LogP contribution is 2.37. The zero-order valence-electron chi connectivity index (χ0n) is 13.2. The van der Waals surface area contributed by atoms with Gasteiger partial charge in [0.05, 0.1) is 18.8 Å². The van der Waals surface area contributed by atoms with E-state index in [1.54, 1.807) is 7.05 Å². The molecule has 1 atom stereocenters. The van der Waals surface area contributed by atoms with Crippen LogP contribution in [-0.2, 0) is 0 Å². The molecule has 0 bridgehead atoms. The van der Waals surface area contributed by atoms with Crippen molar-refractivity contribution < 1.29 is 0 Å². The highest BCUT2D eigenvalue weighted by atomic mass is 79.9. The molecule has 1 saturated heterocycles. The number of benzene rings is 1. The molecule has 0 aromatic heterocycles. The zero-order valence-corrected chi connectivity index (χ0v) is 14.8. The van der Waals surface area contributed by atoms with Crippen LogP contribution in [0.4, 0.5) is 5.69 Å². The third-order valence-corrected chi connectivity index (χ3v) is 4.70. The lowest BCUT2D eigenvalue weighted by Gasteiger charge is -2.40. The van der Waals surface area contributed by atoms with Gasteiger partial charge in [0.1, 0.15) is 0 Å². The van der Waals surface area contributed by atoms with Crippen molar-refractivity contribution in [3.63, 3.8) is 0 Å². The molecule has 0 N–H and O–H groups in total. The van der Waals surface area contributed by atoms with E-state index in [-0.39, 0.29) is 6.04 Å². The molecule has 2 heterocycles. The summed E-state index contributed by atoms with van der Waals surface area (Å²) in [6.07, 6.45) is 0. The smallest absolute Gasteiger partial charge is 0.224 e. The number of hydrogen-bond acceptors (Lipinski definition) is 5. The van der Waals surface area contributed by atoms with E-state index >= 15 is 0 Å². The molecule has 2 aliphatic rings. The second-order valence-electron chi connectivity index (χ2n) is 5.72. The van der Waals surface area contributed by atoms with Crippen LogP contribution >= 0.6 is 15.9 Å². The lowest BCUT2D eigenvalue weighted by Crippen LogP contribution is -2.52. The fourth-order valence-electron chi connectivity index (χ4n) is 2.86. The second kappa shape index (κ2) is 6.34. The highest BCUT2D eigenvalue weighted by molar-refractivity contribution is 9.10. The molecule has 1 aromatic carbocycles. The van der Waals surface area contributed by atoms with E-state index in [2.05, 4.69) is 62.2 Å². The van der Waals surface area contributed by atoms with Crippen molar-refractivity contribution in [1.82, 2.24) is 14.8 Å². The number of hydrogen-bond donors (Lipinski definition) is 0. The Hall–Kier alpha value is -1.47. The first-order chi connectivity index (χ1) is 10.6. The fraction of sp³-hybridized carbons (Fsp3) is 0.533. The van der Waals surface area contributed by atoms with Crippen LogP contribution in [0.15, 0.2) is 38.0 Å². The molecule has 1 unspecified atom stereocenters. The molecule has 0 saturated carbocycles. The summed E-state index contributed by atoms with van der Waals surface area (Å²) in [6.45, 7) is 6.15. The molecular weight excluding hydrogens is 344 g/mol. The number of rotatable bonds is 1. The van der Waals surface area contributed by atoms with Crippen molar-refractivity contribution in [2.24, 2.45) is 15.3 Å². The van der Waals surface area contributed by atoms with Crippen molar-refractivity contribution in [3.8, 4) is 0 Å². The summed E-state index contributed by atoms with van der Waals surface area (Å²) in [4.78, 5) is 9.50. The van der Waals surface area contributed by atoms with Crippen LogP contribution in [0, 0.1) is 0 Å². The molecule has 0 aliphatic carbocycles. The van der Waals surface area contributed by atoms with E-state index in [0.717, 1.165) is 42.3 Å². The first kappa shape index (κ1) is 15.4. The molecule has 118 valence electrons. The lowest BCUT2D eigenvalue weighted by atomic mass is 10.0. The Morgan fingerprint density at radius 2 is 1.95 bits per heavy atom. The van der Waals surface area contributed by atoms with E-state index in [9.17, 15) is 0 Å². The van der Waals surface area contributed by atoms with Crippen molar-refractivity contribution in [3.05, 3.63) is 28.2 Å². The molecule has 2 aliphatic heterocycles. The molecule has 0 radical (unpaired) electrons. The topological polar surface area (TPSA) is 46.8 Å². The summed E-state index contributed by atoms with van der Waals surface area (Å²) >= 11 is 3.54. The summed E-state index contributed by atoms with van der Waals surface area (Å²) in [5, 5.41) is 10.2. The molecule has 0 spiro atoms. The average molecular weight is 365 g/mol. The Bertz CT molecular complexity index is 606. The van der Waals surface area contributed by atoms with Crippen LogP contribution in [0.3, 0.4) is 0 Å². The number of piperazine rings is 1. The number of nitrogens with zero attached hydrogens (tertiary/aromatic N) is 6. The van der Waals surface area contributed by atoms with E-state index in [0.29, 0.717) is 0 Å². The maximum atomic E-state index is 4.86. The van der Waals surface area contributed by atoms with Gasteiger partial charge in [-0.2, -0.15) is 5.11 Å². The lowest BCUT2D eigenvalue weighted by molar-refractivity contribution is 0.183. The normalized spacial score (nSPS) is 22.9. The molecule has 1 fully saturated rings. The highest BCUT2D eigenvalue weighted by Gasteiger charge is 2.31. The summed E-state index contributed by atoms with van der Waals surface area (Å²) in [5.74, 6) is 0.904. The Morgan fingerprint density at radius 1 is 1.23 bits per heavy atom. The van der Waals surface area contributed by atoms with Gasteiger partial charge in [-0.15, -0.1) is 0 Å². The van der Waals surface area contributed by atoms with Crippen LogP contribution in [0.5, 0.6) is 0 Å². The molecule has 22 heavy (non-hydrogen) atoms. The number of guanidine groups is 1. The third-order valence-electron chi connectivity index (χ3n) is 4.20. The minimum absolute atomic E-state index is 0.114. The SMILES string of the molecule is C/N=N\N1C(N2CCN(C)CC2)=Nc2ccc(Br)cc2C1C. The van der Waals surface area contributed by atoms with E-state index < -0.39 is 0 Å². The number of aliphatic imine (C=N–C) groups is 1. The second-order valence-corrected chi connectivity index (χ2v) is 6.63. The minimum atomic E-state index is 0.114. The average Bonchev–Trinajstić information content (AvgIpc) is 2.51. The summed E-state index contributed by atoms with van der Waals surface area (Å²) < 4.78 is 1.06. The van der Waals surface area contributed by atoms with Crippen molar-refractivity contribution >= 4 is 27.6 Å². The predicted octanol–water partition coefficient (Wildman–Crippen LogP) is 3.06. The first-order valence-corrected chi connectivity index (χ1v) is 8.30. The molecule has 1 aromatic rings. The molecule has 6 nitrogen and oxygen atoms in total. The Kier molecular flexibility index (Phi) is 4.44. The van der Waals surface area contributed by atoms with Crippen molar-refractivity contribution in [1.29, 1.82) is 0 Å². The van der Waals surface area contributed by atoms with Gasteiger partial charge in [-0.1, -0.05) is 21.2 Å². The van der Waals surface area contributed by atoms with Crippen LogP contribution in [-0.4, -0.2) is 61.0 Å². The van der Waals surface area contributed by atoms with Crippen molar-refractivity contribution in [2.45, 2.75) is 13.0 Å². The molecule has 7 heteroatoms. The van der Waals surface area contributed by atoms with Gasteiger partial charge in [-0.05, 0) is 32.2 Å². The third kappa shape index (κ3) is 2.87. The van der Waals surface area contributed by atoms with E-state index in [4.69, 9.17) is 4.99 Å². The van der Waals surface area contributed by atoms with E-state index in [1.165, 1.54) is 5.56 Å². The number of likely N-dealkylation sites (N-methyl/N-ethyl adjacent to an activating group) is 1. The summed E-state index contributed by atoms with van der Waals surface area (Å²) in [5.41, 5.74) is 2.19. The van der Waals surface area contributed by atoms with Crippen molar-refractivity contribution in [2.75, 3.05) is 40.3 Å². The summed E-state index contributed by atoms with van der Waals surface area (Å²) in [7, 11) is 3.85. The van der Waals surface area contributed by atoms with Crippen LogP contribution in [0.2, 0.25) is 0 Å². The van der Waals surface area contributed by atoms with Crippen LogP contribution in [0.1, 0.15) is 18.5 Å². The quantitative estimate of drug-likeness (QED) is 0.719. The summed E-state index contributed by atoms with van der Waals surface area (Å²) in [6, 6.07) is 6.33. The van der Waals surface area contributed by atoms with Gasteiger partial charge in [0.25, 0.3) is 0 Å². The fourth-order valence-corrected chi connectivity index (χ4v) is 3.24. The first-order valence-electron chi connectivity index (χ1n) is 7.51. The van der Waals surface area contributed by atoms with Gasteiger partial charge in [-0.25, -0.2) is 10.0 Å².